The number of aryl methyl sites for hydroxylation is 1. The van der Waals surface area contributed by atoms with Crippen molar-refractivity contribution in [2.75, 3.05) is 5.32 Å². The molecule has 0 fully saturated rings. The molecule has 0 aliphatic rings. The van der Waals surface area contributed by atoms with Gasteiger partial charge in [0.15, 0.2) is 0 Å². The Bertz CT molecular complexity index is 457. The van der Waals surface area contributed by atoms with Crippen LogP contribution in [0.1, 0.15) is 5.56 Å². The number of hydrogen-bond donors (Lipinski definition) is 1. The summed E-state index contributed by atoms with van der Waals surface area (Å²) < 4.78 is 0. The summed E-state index contributed by atoms with van der Waals surface area (Å²) >= 11 is 5.86. The van der Waals surface area contributed by atoms with Crippen LogP contribution in [0.5, 0.6) is 0 Å². The Hall–Kier alpha value is -1.61. The van der Waals surface area contributed by atoms with Crippen LogP contribution < -0.4 is 5.32 Å². The maximum absolute atomic E-state index is 5.86. The highest BCUT2D eigenvalue weighted by Crippen LogP contribution is 2.21. The summed E-state index contributed by atoms with van der Waals surface area (Å²) in [5.74, 6) is 0.725. The predicted molar refractivity (Wildman–Crippen MR) is 61.5 cm³/mol. The van der Waals surface area contributed by atoms with Crippen molar-refractivity contribution in [2.24, 2.45) is 0 Å². The Labute approximate surface area is 93.1 Å². The maximum atomic E-state index is 5.86. The van der Waals surface area contributed by atoms with Crippen molar-refractivity contribution in [1.82, 2.24) is 9.97 Å². The highest BCUT2D eigenvalue weighted by atomic mass is 35.5. The second-order valence-electron chi connectivity index (χ2n) is 3.17. The van der Waals surface area contributed by atoms with Gasteiger partial charge in [-0.1, -0.05) is 11.6 Å². The monoisotopic (exact) mass is 219 g/mol. The van der Waals surface area contributed by atoms with E-state index in [1.807, 2.05) is 25.1 Å². The summed E-state index contributed by atoms with van der Waals surface area (Å²) in [5.41, 5.74) is 2.06. The van der Waals surface area contributed by atoms with E-state index in [9.17, 15) is 0 Å². The molecule has 3 nitrogen and oxygen atoms in total. The summed E-state index contributed by atoms with van der Waals surface area (Å²) in [6.45, 7) is 1.99. The van der Waals surface area contributed by atoms with Crippen molar-refractivity contribution in [3.8, 4) is 0 Å². The zero-order valence-electron chi connectivity index (χ0n) is 8.24. The molecule has 1 aromatic heterocycles. The number of aromatic nitrogens is 2. The first-order valence-electron chi connectivity index (χ1n) is 4.55. The molecule has 0 aliphatic heterocycles. The molecular weight excluding hydrogens is 210 g/mol. The largest absolute Gasteiger partial charge is 0.339 e. The van der Waals surface area contributed by atoms with Gasteiger partial charge in [0.05, 0.1) is 6.20 Å². The van der Waals surface area contributed by atoms with E-state index in [1.54, 1.807) is 18.6 Å². The highest BCUT2D eigenvalue weighted by Gasteiger charge is 1.99. The molecule has 76 valence electrons. The minimum atomic E-state index is 0.725. The van der Waals surface area contributed by atoms with Crippen LogP contribution in [0, 0.1) is 6.92 Å². The summed E-state index contributed by atoms with van der Waals surface area (Å²) in [7, 11) is 0. The molecule has 0 unspecified atom stereocenters. The first-order valence-corrected chi connectivity index (χ1v) is 4.93. The molecule has 0 bridgehead atoms. The van der Waals surface area contributed by atoms with E-state index < -0.39 is 0 Å². The second-order valence-corrected chi connectivity index (χ2v) is 3.61. The number of benzene rings is 1. The van der Waals surface area contributed by atoms with Gasteiger partial charge < -0.3 is 5.32 Å². The fourth-order valence-electron chi connectivity index (χ4n) is 1.27. The summed E-state index contributed by atoms with van der Waals surface area (Å²) in [6, 6.07) is 5.67. The standard InChI is InChI=1S/C11H10ClN3/c1-8-6-9(12)2-3-10(8)15-11-7-13-4-5-14-11/h2-7H,1H3,(H,14,15). The fourth-order valence-corrected chi connectivity index (χ4v) is 1.50. The van der Waals surface area contributed by atoms with Gasteiger partial charge >= 0.3 is 0 Å². The Balaban J connectivity index is 2.25. The van der Waals surface area contributed by atoms with Crippen molar-refractivity contribution >= 4 is 23.1 Å². The molecule has 2 aromatic rings. The first kappa shape index (κ1) is 9.93. The molecular formula is C11H10ClN3. The summed E-state index contributed by atoms with van der Waals surface area (Å²) in [5, 5.41) is 3.90. The third-order valence-corrected chi connectivity index (χ3v) is 2.25. The normalized spacial score (nSPS) is 10.0. The number of hydrogen-bond acceptors (Lipinski definition) is 3. The first-order chi connectivity index (χ1) is 7.25. The van der Waals surface area contributed by atoms with Gasteiger partial charge in [0, 0.05) is 23.1 Å². The zero-order valence-corrected chi connectivity index (χ0v) is 8.99. The van der Waals surface area contributed by atoms with Gasteiger partial charge in [-0.2, -0.15) is 0 Å². The van der Waals surface area contributed by atoms with Gasteiger partial charge in [-0.3, -0.25) is 4.98 Å². The lowest BCUT2D eigenvalue weighted by Gasteiger charge is -2.07. The molecule has 1 heterocycles. The SMILES string of the molecule is Cc1cc(Cl)ccc1Nc1cnccn1. The molecule has 2 rings (SSSR count). The third kappa shape index (κ3) is 2.44. The Morgan fingerprint density at radius 1 is 1.27 bits per heavy atom. The van der Waals surface area contributed by atoms with E-state index in [2.05, 4.69) is 15.3 Å². The van der Waals surface area contributed by atoms with E-state index in [0.29, 0.717) is 0 Å². The van der Waals surface area contributed by atoms with E-state index in [4.69, 9.17) is 11.6 Å². The van der Waals surface area contributed by atoms with Crippen molar-refractivity contribution in [3.63, 3.8) is 0 Å². The number of halogens is 1. The van der Waals surface area contributed by atoms with Gasteiger partial charge in [0.1, 0.15) is 5.82 Å². The van der Waals surface area contributed by atoms with Crippen LogP contribution in [-0.2, 0) is 0 Å². The van der Waals surface area contributed by atoms with Crippen molar-refractivity contribution in [3.05, 3.63) is 47.4 Å². The summed E-state index contributed by atoms with van der Waals surface area (Å²) in [4.78, 5) is 8.11. The molecule has 0 aliphatic carbocycles. The smallest absolute Gasteiger partial charge is 0.148 e. The molecule has 0 saturated carbocycles. The minimum Gasteiger partial charge on any atom is -0.339 e. The van der Waals surface area contributed by atoms with Gasteiger partial charge in [-0.25, -0.2) is 4.98 Å². The second kappa shape index (κ2) is 4.28. The molecule has 0 atom stereocenters. The van der Waals surface area contributed by atoms with Gasteiger partial charge in [0.2, 0.25) is 0 Å². The van der Waals surface area contributed by atoms with Crippen LogP contribution in [0.25, 0.3) is 0 Å². The lowest BCUT2D eigenvalue weighted by Crippen LogP contribution is -1.95. The number of nitrogens with one attached hydrogen (secondary N) is 1. The third-order valence-electron chi connectivity index (χ3n) is 2.01. The molecule has 4 heteroatoms. The van der Waals surface area contributed by atoms with Gasteiger partial charge in [-0.15, -0.1) is 0 Å². The van der Waals surface area contributed by atoms with E-state index in [-0.39, 0.29) is 0 Å². The van der Waals surface area contributed by atoms with Crippen molar-refractivity contribution in [1.29, 1.82) is 0 Å². The zero-order chi connectivity index (χ0) is 10.7. The molecule has 15 heavy (non-hydrogen) atoms. The van der Waals surface area contributed by atoms with Crippen molar-refractivity contribution < 1.29 is 0 Å². The molecule has 0 saturated heterocycles. The molecule has 0 spiro atoms. The topological polar surface area (TPSA) is 37.8 Å². The average molecular weight is 220 g/mol. The van der Waals surface area contributed by atoms with E-state index in [0.717, 1.165) is 22.1 Å². The van der Waals surface area contributed by atoms with Gasteiger partial charge in [0.25, 0.3) is 0 Å². The molecule has 1 aromatic carbocycles. The van der Waals surface area contributed by atoms with Crippen LogP contribution in [0.4, 0.5) is 11.5 Å². The van der Waals surface area contributed by atoms with Gasteiger partial charge in [-0.05, 0) is 30.7 Å². The van der Waals surface area contributed by atoms with Crippen molar-refractivity contribution in [2.45, 2.75) is 6.92 Å². The minimum absolute atomic E-state index is 0.725. The van der Waals surface area contributed by atoms with Crippen LogP contribution >= 0.6 is 11.6 Å². The maximum Gasteiger partial charge on any atom is 0.148 e. The fraction of sp³-hybridized carbons (Fsp3) is 0.0909. The Morgan fingerprint density at radius 2 is 2.13 bits per heavy atom. The Morgan fingerprint density at radius 3 is 2.80 bits per heavy atom. The molecule has 0 amide bonds. The van der Waals surface area contributed by atoms with E-state index in [1.165, 1.54) is 0 Å². The Kier molecular flexibility index (Phi) is 2.83. The quantitative estimate of drug-likeness (QED) is 0.843. The summed E-state index contributed by atoms with van der Waals surface area (Å²) in [6.07, 6.45) is 4.96. The number of anilines is 2. The number of rotatable bonds is 2. The van der Waals surface area contributed by atoms with Crippen LogP contribution in [-0.4, -0.2) is 9.97 Å². The van der Waals surface area contributed by atoms with E-state index >= 15 is 0 Å². The molecule has 0 radical (unpaired) electrons. The lowest BCUT2D eigenvalue weighted by molar-refractivity contribution is 1.19. The molecule has 1 N–H and O–H groups in total. The lowest BCUT2D eigenvalue weighted by atomic mass is 10.2. The number of nitrogens with zero attached hydrogens (tertiary/aromatic N) is 2. The van der Waals surface area contributed by atoms with Crippen LogP contribution in [0.15, 0.2) is 36.8 Å². The van der Waals surface area contributed by atoms with Crippen LogP contribution in [0.3, 0.4) is 0 Å². The predicted octanol–water partition coefficient (Wildman–Crippen LogP) is 3.18. The average Bonchev–Trinajstić information content (AvgIpc) is 2.24. The van der Waals surface area contributed by atoms with Crippen LogP contribution in [0.2, 0.25) is 5.02 Å². The highest BCUT2D eigenvalue weighted by molar-refractivity contribution is 6.30.